The van der Waals surface area contributed by atoms with E-state index in [1.807, 2.05) is 13.0 Å². The second-order valence-electron chi connectivity index (χ2n) is 14.6. The average molecular weight is 515 g/mol. The van der Waals surface area contributed by atoms with Crippen LogP contribution in [0.15, 0.2) is 24.3 Å². The van der Waals surface area contributed by atoms with Crippen molar-refractivity contribution in [3.8, 4) is 0 Å². The molecule has 204 valence electrons. The Morgan fingerprint density at radius 3 is 2.53 bits per heavy atom. The highest BCUT2D eigenvalue weighted by molar-refractivity contribution is 6.74. The zero-order chi connectivity index (χ0) is 26.5. The number of rotatable bonds is 7. The fourth-order valence-corrected chi connectivity index (χ4v) is 10.3. The molecule has 0 heterocycles. The molecule has 4 aliphatic rings. The van der Waals surface area contributed by atoms with E-state index in [4.69, 9.17) is 9.16 Å². The first-order chi connectivity index (χ1) is 16.8. The quantitative estimate of drug-likeness (QED) is 0.194. The van der Waals surface area contributed by atoms with Crippen LogP contribution in [0.25, 0.3) is 0 Å². The molecule has 0 saturated heterocycles. The molecule has 0 aromatic carbocycles. The topological polar surface area (TPSA) is 35.5 Å². The van der Waals surface area contributed by atoms with Gasteiger partial charge in [0.2, 0.25) is 0 Å². The molecule has 0 unspecified atom stereocenters. The van der Waals surface area contributed by atoms with E-state index in [9.17, 15) is 4.79 Å². The molecule has 3 nitrogen and oxygen atoms in total. The number of fused-ring (bicyclic) bond motifs is 5. The van der Waals surface area contributed by atoms with Gasteiger partial charge in [0.15, 0.2) is 8.32 Å². The van der Waals surface area contributed by atoms with Crippen LogP contribution in [0.2, 0.25) is 18.1 Å². The number of allylic oxidation sites excluding steroid dienone is 2. The summed E-state index contributed by atoms with van der Waals surface area (Å²) in [6.07, 6.45) is 15.6. The van der Waals surface area contributed by atoms with Crippen LogP contribution in [0.1, 0.15) is 99.3 Å². The standard InChI is InChI=1S/C32H54O3Si/c1-10-12-25(29(33)34-11-2)27-16-15-26-24-14-13-22-21-23(35-36(8,9)30(3,4)5)17-19-31(22,6)28(24)18-20-32(26,27)7/h10,13,23-28H,1,11-12,14-21H2,2-9H3/t23-,24-,25-,26-,27+,28-,31-,32-/m0/s1. The fourth-order valence-electron chi connectivity index (χ4n) is 8.88. The third kappa shape index (κ3) is 4.72. The van der Waals surface area contributed by atoms with Crippen molar-refractivity contribution >= 4 is 14.3 Å². The highest BCUT2D eigenvalue weighted by atomic mass is 28.4. The van der Waals surface area contributed by atoms with Crippen molar-refractivity contribution in [3.05, 3.63) is 24.3 Å². The van der Waals surface area contributed by atoms with Crippen LogP contribution in [0.5, 0.6) is 0 Å². The monoisotopic (exact) mass is 514 g/mol. The summed E-state index contributed by atoms with van der Waals surface area (Å²) in [4.78, 5) is 13.0. The van der Waals surface area contributed by atoms with Gasteiger partial charge in [-0.3, -0.25) is 4.79 Å². The molecule has 3 fully saturated rings. The van der Waals surface area contributed by atoms with Crippen LogP contribution in [0.4, 0.5) is 0 Å². The number of carbonyl (C=O) groups excluding carboxylic acids is 1. The van der Waals surface area contributed by atoms with Gasteiger partial charge in [-0.15, -0.1) is 6.58 Å². The van der Waals surface area contributed by atoms with Crippen LogP contribution < -0.4 is 0 Å². The molecular weight excluding hydrogens is 460 g/mol. The van der Waals surface area contributed by atoms with Gasteiger partial charge in [-0.2, -0.15) is 0 Å². The van der Waals surface area contributed by atoms with Crippen LogP contribution in [-0.4, -0.2) is 27.0 Å². The Bertz CT molecular complexity index is 869. The molecule has 8 atom stereocenters. The molecule has 0 N–H and O–H groups in total. The number of hydrogen-bond acceptors (Lipinski definition) is 3. The molecule has 0 aliphatic heterocycles. The zero-order valence-electron chi connectivity index (χ0n) is 24.6. The number of ether oxygens (including phenoxy) is 1. The Morgan fingerprint density at radius 1 is 1.17 bits per heavy atom. The maximum atomic E-state index is 13.0. The lowest BCUT2D eigenvalue weighted by molar-refractivity contribution is -0.153. The van der Waals surface area contributed by atoms with E-state index in [0.717, 1.165) is 37.0 Å². The van der Waals surface area contributed by atoms with Gasteiger partial charge in [0.1, 0.15) is 0 Å². The highest BCUT2D eigenvalue weighted by Gasteiger charge is 2.60. The van der Waals surface area contributed by atoms with Crippen molar-refractivity contribution in [2.45, 2.75) is 124 Å². The van der Waals surface area contributed by atoms with Crippen molar-refractivity contribution in [2.75, 3.05) is 6.61 Å². The van der Waals surface area contributed by atoms with E-state index in [2.05, 4.69) is 60.4 Å². The molecule has 3 saturated carbocycles. The second-order valence-corrected chi connectivity index (χ2v) is 19.4. The molecule has 4 heteroatoms. The molecule has 0 spiro atoms. The molecule has 4 rings (SSSR count). The lowest BCUT2D eigenvalue weighted by Gasteiger charge is -2.59. The molecule has 4 aliphatic carbocycles. The van der Waals surface area contributed by atoms with E-state index >= 15 is 0 Å². The molecule has 0 aromatic heterocycles. The summed E-state index contributed by atoms with van der Waals surface area (Å²) < 4.78 is 12.5. The third-order valence-corrected chi connectivity index (χ3v) is 16.4. The molecule has 0 aromatic rings. The minimum atomic E-state index is -1.75. The third-order valence-electron chi connectivity index (χ3n) is 11.9. The van der Waals surface area contributed by atoms with Gasteiger partial charge in [-0.25, -0.2) is 0 Å². The maximum absolute atomic E-state index is 13.0. The van der Waals surface area contributed by atoms with E-state index in [-0.39, 0.29) is 22.3 Å². The van der Waals surface area contributed by atoms with E-state index in [1.54, 1.807) is 5.57 Å². The lowest BCUT2D eigenvalue weighted by atomic mass is 9.47. The highest BCUT2D eigenvalue weighted by Crippen LogP contribution is 2.67. The maximum Gasteiger partial charge on any atom is 0.309 e. The van der Waals surface area contributed by atoms with E-state index in [1.165, 1.54) is 38.5 Å². The van der Waals surface area contributed by atoms with Crippen molar-refractivity contribution in [1.29, 1.82) is 0 Å². The molecule has 0 amide bonds. The molecule has 0 radical (unpaired) electrons. The number of esters is 1. The van der Waals surface area contributed by atoms with Crippen molar-refractivity contribution in [1.82, 2.24) is 0 Å². The minimum absolute atomic E-state index is 0.00393. The summed E-state index contributed by atoms with van der Waals surface area (Å²) in [7, 11) is -1.75. The average Bonchev–Trinajstić information content (AvgIpc) is 3.14. The lowest BCUT2D eigenvalue weighted by Crippen LogP contribution is -2.52. The summed E-state index contributed by atoms with van der Waals surface area (Å²) in [5.74, 6) is 2.66. The van der Waals surface area contributed by atoms with Crippen molar-refractivity contribution in [3.63, 3.8) is 0 Å². The minimum Gasteiger partial charge on any atom is -0.466 e. The van der Waals surface area contributed by atoms with Gasteiger partial charge in [0, 0.05) is 6.10 Å². The van der Waals surface area contributed by atoms with Gasteiger partial charge in [-0.05, 0) is 117 Å². The van der Waals surface area contributed by atoms with E-state index < -0.39 is 8.32 Å². The Morgan fingerprint density at radius 2 is 1.89 bits per heavy atom. The fraction of sp³-hybridized carbons (Fsp3) is 0.844. The van der Waals surface area contributed by atoms with Crippen LogP contribution in [0, 0.1) is 40.4 Å². The Hall–Kier alpha value is -0.873. The summed E-state index contributed by atoms with van der Waals surface area (Å²) in [5.41, 5.74) is 2.27. The molecular formula is C32H54O3Si. The van der Waals surface area contributed by atoms with Crippen LogP contribution >= 0.6 is 0 Å². The summed E-state index contributed by atoms with van der Waals surface area (Å²) in [6.45, 7) is 23.3. The van der Waals surface area contributed by atoms with Gasteiger partial charge in [0.05, 0.1) is 12.5 Å². The first kappa shape index (κ1) is 28.1. The molecule has 36 heavy (non-hydrogen) atoms. The first-order valence-corrected chi connectivity index (χ1v) is 17.8. The van der Waals surface area contributed by atoms with E-state index in [0.29, 0.717) is 24.0 Å². The van der Waals surface area contributed by atoms with Gasteiger partial charge < -0.3 is 9.16 Å². The largest absolute Gasteiger partial charge is 0.466 e. The van der Waals surface area contributed by atoms with Crippen LogP contribution in [-0.2, 0) is 14.0 Å². The van der Waals surface area contributed by atoms with Gasteiger partial charge >= 0.3 is 5.97 Å². The number of hydrogen-bond donors (Lipinski definition) is 0. The normalized spacial score (nSPS) is 39.3. The summed E-state index contributed by atoms with van der Waals surface area (Å²) in [6, 6.07) is 0. The van der Waals surface area contributed by atoms with Gasteiger partial charge in [0.25, 0.3) is 0 Å². The predicted octanol–water partition coefficient (Wildman–Crippen LogP) is 8.71. The number of carbonyl (C=O) groups is 1. The second kappa shape index (κ2) is 10.0. The molecule has 0 bridgehead atoms. The zero-order valence-corrected chi connectivity index (χ0v) is 25.6. The SMILES string of the molecule is C=CC[C@H](C(=O)OCC)[C@H]1CC[C@H]2[C@@H]3CC=C4C[C@@H](O[Si](C)(C)C(C)(C)C)CC[C@]4(C)[C@H]3CC[C@]12C. The van der Waals surface area contributed by atoms with Crippen molar-refractivity contribution < 1.29 is 14.0 Å². The van der Waals surface area contributed by atoms with Crippen molar-refractivity contribution in [2.24, 2.45) is 40.4 Å². The van der Waals surface area contributed by atoms with Gasteiger partial charge in [-0.1, -0.05) is 52.3 Å². The summed E-state index contributed by atoms with van der Waals surface area (Å²) in [5, 5.41) is 0.264. The Kier molecular flexibility index (Phi) is 7.84. The van der Waals surface area contributed by atoms with Crippen LogP contribution in [0.3, 0.4) is 0 Å². The Labute approximate surface area is 223 Å². The Balaban J connectivity index is 1.52. The predicted molar refractivity (Wildman–Crippen MR) is 152 cm³/mol. The summed E-state index contributed by atoms with van der Waals surface area (Å²) >= 11 is 0. The smallest absolute Gasteiger partial charge is 0.309 e. The first-order valence-electron chi connectivity index (χ1n) is 14.9.